The third-order valence-corrected chi connectivity index (χ3v) is 5.40. The lowest BCUT2D eigenvalue weighted by Crippen LogP contribution is -2.33. The fourth-order valence-corrected chi connectivity index (χ4v) is 3.80. The van der Waals surface area contributed by atoms with Gasteiger partial charge in [0.25, 0.3) is 0 Å². The first kappa shape index (κ1) is 15.1. The predicted octanol–water partition coefficient (Wildman–Crippen LogP) is 3.35. The second-order valence-corrected chi connectivity index (χ2v) is 7.22. The van der Waals surface area contributed by atoms with Crippen LogP contribution in [0.2, 0.25) is 0 Å². The lowest BCUT2D eigenvalue weighted by molar-refractivity contribution is 0.0868. The minimum absolute atomic E-state index is 0.103. The van der Waals surface area contributed by atoms with Crippen LogP contribution in [0.4, 0.5) is 0 Å². The minimum atomic E-state index is -0.103. The monoisotopic (exact) mass is 363 g/mol. The Bertz CT molecular complexity index is 1010. The van der Waals surface area contributed by atoms with Crippen molar-refractivity contribution < 1.29 is 23.7 Å². The van der Waals surface area contributed by atoms with E-state index in [2.05, 4.69) is 4.90 Å². The molecule has 6 heteroatoms. The highest BCUT2D eigenvalue weighted by Crippen LogP contribution is 2.44. The van der Waals surface area contributed by atoms with Gasteiger partial charge in [0.2, 0.25) is 12.6 Å². The molecule has 6 nitrogen and oxygen atoms in total. The fourth-order valence-electron chi connectivity index (χ4n) is 3.80. The zero-order valence-corrected chi connectivity index (χ0v) is 14.6. The van der Waals surface area contributed by atoms with Gasteiger partial charge in [-0.05, 0) is 48.7 Å². The summed E-state index contributed by atoms with van der Waals surface area (Å²) < 4.78 is 22.6. The summed E-state index contributed by atoms with van der Waals surface area (Å²) in [5.74, 6) is 3.05. The van der Waals surface area contributed by atoms with Crippen molar-refractivity contribution >= 4 is 11.9 Å². The molecule has 136 valence electrons. The average molecular weight is 363 g/mol. The zero-order valence-electron chi connectivity index (χ0n) is 14.6. The molecule has 0 atom stereocenters. The first-order valence-electron chi connectivity index (χ1n) is 9.13. The SMILES string of the molecule is O=C1/C(=C/c2ccc3c(c2)OCO3)Oc2c1ccc1c2CN(C2CC2)CO1. The summed E-state index contributed by atoms with van der Waals surface area (Å²) in [5, 5.41) is 0. The molecule has 1 aliphatic carbocycles. The number of hydrogen-bond donors (Lipinski definition) is 0. The normalized spacial score (nSPS) is 21.6. The van der Waals surface area contributed by atoms with Crippen LogP contribution < -0.4 is 18.9 Å². The topological polar surface area (TPSA) is 57.2 Å². The summed E-state index contributed by atoms with van der Waals surface area (Å²) >= 11 is 0. The van der Waals surface area contributed by atoms with Gasteiger partial charge in [0.15, 0.2) is 17.3 Å². The molecule has 0 bridgehead atoms. The van der Waals surface area contributed by atoms with Gasteiger partial charge in [-0.25, -0.2) is 0 Å². The molecule has 4 aliphatic rings. The number of rotatable bonds is 2. The van der Waals surface area contributed by atoms with Crippen LogP contribution in [0.3, 0.4) is 0 Å². The lowest BCUT2D eigenvalue weighted by atomic mass is 10.0. The van der Waals surface area contributed by atoms with Gasteiger partial charge in [0.1, 0.15) is 18.2 Å². The van der Waals surface area contributed by atoms with E-state index in [0.29, 0.717) is 41.3 Å². The maximum Gasteiger partial charge on any atom is 0.231 e. The molecule has 0 unspecified atom stereocenters. The molecule has 1 saturated carbocycles. The second kappa shape index (κ2) is 5.50. The Kier molecular flexibility index (Phi) is 3.08. The fraction of sp³-hybridized carbons (Fsp3) is 0.286. The maximum atomic E-state index is 12.8. The van der Waals surface area contributed by atoms with E-state index in [0.717, 1.165) is 23.4 Å². The first-order valence-corrected chi connectivity index (χ1v) is 9.13. The largest absolute Gasteiger partial charge is 0.478 e. The van der Waals surface area contributed by atoms with Crippen LogP contribution in [0.5, 0.6) is 23.0 Å². The van der Waals surface area contributed by atoms with Crippen molar-refractivity contribution in [2.24, 2.45) is 0 Å². The molecule has 2 aromatic carbocycles. The summed E-state index contributed by atoms with van der Waals surface area (Å²) in [7, 11) is 0. The van der Waals surface area contributed by atoms with E-state index in [1.54, 1.807) is 12.1 Å². The summed E-state index contributed by atoms with van der Waals surface area (Å²) in [5.41, 5.74) is 2.40. The summed E-state index contributed by atoms with van der Waals surface area (Å²) in [4.78, 5) is 15.1. The number of hydrogen-bond acceptors (Lipinski definition) is 6. The molecular formula is C21H17NO5. The number of fused-ring (bicyclic) bond motifs is 4. The van der Waals surface area contributed by atoms with E-state index < -0.39 is 0 Å². The Hall–Kier alpha value is -2.99. The van der Waals surface area contributed by atoms with Crippen molar-refractivity contribution in [3.63, 3.8) is 0 Å². The molecule has 6 rings (SSSR count). The highest BCUT2D eigenvalue weighted by Gasteiger charge is 2.37. The van der Waals surface area contributed by atoms with Crippen LogP contribution in [0.15, 0.2) is 36.1 Å². The van der Waals surface area contributed by atoms with Gasteiger partial charge in [-0.3, -0.25) is 9.69 Å². The molecule has 27 heavy (non-hydrogen) atoms. The van der Waals surface area contributed by atoms with Gasteiger partial charge in [-0.1, -0.05) is 6.07 Å². The van der Waals surface area contributed by atoms with Crippen LogP contribution in [0.25, 0.3) is 6.08 Å². The smallest absolute Gasteiger partial charge is 0.231 e. The molecule has 2 aromatic rings. The van der Waals surface area contributed by atoms with Gasteiger partial charge in [-0.2, -0.15) is 0 Å². The number of carbonyl (C=O) groups is 1. The second-order valence-electron chi connectivity index (χ2n) is 7.22. The highest BCUT2D eigenvalue weighted by atomic mass is 16.7. The van der Waals surface area contributed by atoms with Crippen molar-refractivity contribution in [1.82, 2.24) is 4.90 Å². The summed E-state index contributed by atoms with van der Waals surface area (Å²) in [6.07, 6.45) is 4.17. The van der Waals surface area contributed by atoms with Crippen molar-refractivity contribution in [3.05, 3.63) is 52.8 Å². The van der Waals surface area contributed by atoms with Gasteiger partial charge in [-0.15, -0.1) is 0 Å². The number of allylic oxidation sites excluding steroid dienone is 1. The van der Waals surface area contributed by atoms with Gasteiger partial charge in [0.05, 0.1) is 11.1 Å². The number of ether oxygens (including phenoxy) is 4. The van der Waals surface area contributed by atoms with Crippen molar-refractivity contribution in [3.8, 4) is 23.0 Å². The van der Waals surface area contributed by atoms with Crippen LogP contribution in [-0.2, 0) is 6.54 Å². The van der Waals surface area contributed by atoms with Crippen LogP contribution in [0, 0.1) is 0 Å². The van der Waals surface area contributed by atoms with Crippen LogP contribution >= 0.6 is 0 Å². The van der Waals surface area contributed by atoms with E-state index in [9.17, 15) is 4.79 Å². The molecule has 3 aliphatic heterocycles. The quantitative estimate of drug-likeness (QED) is 0.763. The van der Waals surface area contributed by atoms with Crippen LogP contribution in [0.1, 0.15) is 34.3 Å². The maximum absolute atomic E-state index is 12.8. The molecule has 3 heterocycles. The minimum Gasteiger partial charge on any atom is -0.478 e. The Balaban J connectivity index is 1.35. The zero-order chi connectivity index (χ0) is 18.0. The molecule has 0 aromatic heterocycles. The average Bonchev–Trinajstić information content (AvgIpc) is 3.36. The number of ketones is 1. The number of carbonyl (C=O) groups excluding carboxylic acids is 1. The Morgan fingerprint density at radius 1 is 1.00 bits per heavy atom. The standard InChI is InChI=1S/C21H17NO5/c23-20-14-4-6-16-15(9-22(10-24-16)13-2-3-13)21(14)27-19(20)8-12-1-5-17-18(7-12)26-11-25-17/h1,4-8,13H,2-3,9-11H2/b19-8-. The van der Waals surface area contributed by atoms with Gasteiger partial charge >= 0.3 is 0 Å². The number of Topliss-reactive ketones (excluding diaryl/α,β-unsaturated/α-hetero) is 1. The van der Waals surface area contributed by atoms with E-state index in [1.165, 1.54) is 12.8 Å². The third kappa shape index (κ3) is 2.40. The molecule has 0 spiro atoms. The van der Waals surface area contributed by atoms with E-state index in [-0.39, 0.29) is 12.6 Å². The molecule has 0 radical (unpaired) electrons. The molecular weight excluding hydrogens is 346 g/mol. The summed E-state index contributed by atoms with van der Waals surface area (Å²) in [6.45, 7) is 1.58. The van der Waals surface area contributed by atoms with E-state index in [1.807, 2.05) is 24.3 Å². The molecule has 1 fully saturated rings. The Morgan fingerprint density at radius 3 is 2.74 bits per heavy atom. The Morgan fingerprint density at radius 2 is 1.85 bits per heavy atom. The predicted molar refractivity (Wildman–Crippen MR) is 96.0 cm³/mol. The van der Waals surface area contributed by atoms with E-state index in [4.69, 9.17) is 18.9 Å². The summed E-state index contributed by atoms with van der Waals surface area (Å²) in [6, 6.07) is 9.84. The van der Waals surface area contributed by atoms with Gasteiger partial charge < -0.3 is 18.9 Å². The third-order valence-electron chi connectivity index (χ3n) is 5.40. The molecule has 0 N–H and O–H groups in total. The van der Waals surface area contributed by atoms with Crippen molar-refractivity contribution in [2.45, 2.75) is 25.4 Å². The highest BCUT2D eigenvalue weighted by molar-refractivity contribution is 6.15. The van der Waals surface area contributed by atoms with Crippen molar-refractivity contribution in [1.29, 1.82) is 0 Å². The molecule has 0 saturated heterocycles. The first-order chi connectivity index (χ1) is 13.3. The molecule has 0 amide bonds. The number of benzene rings is 2. The van der Waals surface area contributed by atoms with Gasteiger partial charge in [0, 0.05) is 12.6 Å². The van der Waals surface area contributed by atoms with E-state index >= 15 is 0 Å². The number of nitrogens with zero attached hydrogens (tertiary/aromatic N) is 1. The van der Waals surface area contributed by atoms with Crippen LogP contribution in [-0.4, -0.2) is 30.2 Å². The lowest BCUT2D eigenvalue weighted by Gasteiger charge is -2.29. The Labute approximate surface area is 155 Å². The van der Waals surface area contributed by atoms with Crippen molar-refractivity contribution in [2.75, 3.05) is 13.5 Å².